The minimum Gasteiger partial charge on any atom is -0.497 e. The van der Waals surface area contributed by atoms with Crippen LogP contribution in [0.1, 0.15) is 31.4 Å². The lowest BCUT2D eigenvalue weighted by Gasteiger charge is -2.14. The molecule has 0 aliphatic rings. The topological polar surface area (TPSA) is 67.5 Å². The third kappa shape index (κ3) is 6.39. The average Bonchev–Trinajstić information content (AvgIpc) is 2.76. The maximum Gasteiger partial charge on any atom is 0.118 e. The number of nitrogen functional groups attached to an aromatic ring is 1. The number of methoxy groups -OCH3 is 1. The van der Waals surface area contributed by atoms with Gasteiger partial charge in [0.15, 0.2) is 0 Å². The number of nitrogens with one attached hydrogen (secondary N) is 1. The number of hydrogen-bond acceptors (Lipinski definition) is 4. The van der Waals surface area contributed by atoms with E-state index in [0.717, 1.165) is 39.4 Å². The summed E-state index contributed by atoms with van der Waals surface area (Å²) >= 11 is 0. The van der Waals surface area contributed by atoms with Crippen molar-refractivity contribution in [1.82, 2.24) is 0 Å². The Morgan fingerprint density at radius 3 is 2.30 bits per heavy atom. The van der Waals surface area contributed by atoms with E-state index >= 15 is 0 Å². The van der Waals surface area contributed by atoms with Gasteiger partial charge in [-0.05, 0) is 65.1 Å². The Hall–Kier alpha value is -3.24. The Morgan fingerprint density at radius 1 is 1.00 bits per heavy atom. The normalized spacial score (nSPS) is 10.0. The summed E-state index contributed by atoms with van der Waals surface area (Å²) in [6.45, 7) is 8.51. The van der Waals surface area contributed by atoms with E-state index in [4.69, 9.17) is 15.6 Å². The molecule has 0 fully saturated rings. The first-order valence-corrected chi connectivity index (χ1v) is 10.2. The molecule has 0 aromatic heterocycles. The van der Waals surface area contributed by atoms with Gasteiger partial charge in [-0.1, -0.05) is 57.2 Å². The van der Waals surface area contributed by atoms with Gasteiger partial charge in [0.05, 0.1) is 18.5 Å². The van der Waals surface area contributed by atoms with Crippen molar-refractivity contribution in [2.75, 3.05) is 24.8 Å². The third-order valence-corrected chi connectivity index (χ3v) is 4.44. The number of hydrogen-bond donors (Lipinski definition) is 3. The molecular formula is C26H32N2O2. The molecular weight excluding hydrogens is 372 g/mol. The predicted molar refractivity (Wildman–Crippen MR) is 129 cm³/mol. The lowest BCUT2D eigenvalue weighted by Crippen LogP contribution is -2.01. The van der Waals surface area contributed by atoms with Gasteiger partial charge in [0.2, 0.25) is 0 Å². The van der Waals surface area contributed by atoms with Crippen LogP contribution in [-0.4, -0.2) is 18.8 Å². The van der Waals surface area contributed by atoms with Crippen molar-refractivity contribution in [2.45, 2.75) is 26.7 Å². The van der Waals surface area contributed by atoms with Crippen LogP contribution in [0.4, 0.5) is 11.4 Å². The summed E-state index contributed by atoms with van der Waals surface area (Å²) in [5, 5.41) is 12.5. The van der Waals surface area contributed by atoms with Crippen LogP contribution in [0.15, 0.2) is 73.3 Å². The van der Waals surface area contributed by atoms with Crippen molar-refractivity contribution in [3.63, 3.8) is 0 Å². The smallest absolute Gasteiger partial charge is 0.118 e. The number of rotatable bonds is 7. The van der Waals surface area contributed by atoms with Crippen LogP contribution in [0, 0.1) is 0 Å². The maximum absolute atomic E-state index is 9.16. The van der Waals surface area contributed by atoms with Gasteiger partial charge >= 0.3 is 0 Å². The Kier molecular flexibility index (Phi) is 8.98. The highest BCUT2D eigenvalue weighted by molar-refractivity contribution is 5.84. The fraction of sp³-hybridized carbons (Fsp3) is 0.231. The van der Waals surface area contributed by atoms with E-state index < -0.39 is 0 Å². The largest absolute Gasteiger partial charge is 0.497 e. The Balaban J connectivity index is 0.00000101. The standard InChI is InChI=1S/C23H24N2O2.C3H8/c1-16(18-6-9-21(27-2)10-7-18)25-23-15-20(8-11-22(23)24)19-5-3-4-17(14-19)12-13-26;1-3-2/h3-11,14-15,25-26H,1,12-13,24H2,2H3;3H2,1-2H3. The van der Waals surface area contributed by atoms with Gasteiger partial charge in [0.1, 0.15) is 5.75 Å². The van der Waals surface area contributed by atoms with Gasteiger partial charge in [-0.15, -0.1) is 0 Å². The summed E-state index contributed by atoms with van der Waals surface area (Å²) < 4.78 is 5.19. The molecule has 0 spiro atoms. The molecule has 0 radical (unpaired) electrons. The first-order valence-electron chi connectivity index (χ1n) is 10.2. The minimum atomic E-state index is 0.139. The van der Waals surface area contributed by atoms with E-state index in [1.165, 1.54) is 6.42 Å². The van der Waals surface area contributed by atoms with Crippen LogP contribution < -0.4 is 15.8 Å². The molecule has 4 N–H and O–H groups in total. The van der Waals surface area contributed by atoms with Crippen molar-refractivity contribution in [3.8, 4) is 16.9 Å². The fourth-order valence-corrected chi connectivity index (χ4v) is 2.91. The van der Waals surface area contributed by atoms with Crippen LogP contribution in [0.3, 0.4) is 0 Å². The zero-order valence-corrected chi connectivity index (χ0v) is 18.1. The number of ether oxygens (including phenoxy) is 1. The molecule has 158 valence electrons. The van der Waals surface area contributed by atoms with Crippen LogP contribution in [0.2, 0.25) is 0 Å². The highest BCUT2D eigenvalue weighted by Crippen LogP contribution is 2.30. The predicted octanol–water partition coefficient (Wildman–Crippen LogP) is 5.98. The molecule has 4 nitrogen and oxygen atoms in total. The van der Waals surface area contributed by atoms with Crippen molar-refractivity contribution >= 4 is 17.1 Å². The van der Waals surface area contributed by atoms with Gasteiger partial charge in [-0.2, -0.15) is 0 Å². The molecule has 0 amide bonds. The van der Waals surface area contributed by atoms with Crippen LogP contribution in [0.5, 0.6) is 5.75 Å². The summed E-state index contributed by atoms with van der Waals surface area (Å²) in [5.41, 5.74) is 12.6. The average molecular weight is 405 g/mol. The lowest BCUT2D eigenvalue weighted by molar-refractivity contribution is 0.299. The van der Waals surface area contributed by atoms with Crippen LogP contribution in [-0.2, 0) is 6.42 Å². The second-order valence-electron chi connectivity index (χ2n) is 7.02. The Bertz CT molecular complexity index is 950. The second-order valence-corrected chi connectivity index (χ2v) is 7.02. The quantitative estimate of drug-likeness (QED) is 0.424. The molecule has 3 aromatic rings. The van der Waals surface area contributed by atoms with Crippen molar-refractivity contribution in [3.05, 3.63) is 84.4 Å². The van der Waals surface area contributed by atoms with Crippen LogP contribution in [0.25, 0.3) is 16.8 Å². The van der Waals surface area contributed by atoms with Gasteiger partial charge in [0.25, 0.3) is 0 Å². The molecule has 3 rings (SSSR count). The zero-order valence-electron chi connectivity index (χ0n) is 18.1. The van der Waals surface area contributed by atoms with E-state index in [1.54, 1.807) is 7.11 Å². The summed E-state index contributed by atoms with van der Waals surface area (Å²) in [6, 6.07) is 21.7. The summed E-state index contributed by atoms with van der Waals surface area (Å²) in [5.74, 6) is 0.802. The highest BCUT2D eigenvalue weighted by Gasteiger charge is 2.07. The number of anilines is 2. The van der Waals surface area contributed by atoms with E-state index in [2.05, 4.69) is 37.9 Å². The molecule has 0 aliphatic carbocycles. The first-order chi connectivity index (χ1) is 14.5. The molecule has 4 heteroatoms. The highest BCUT2D eigenvalue weighted by atomic mass is 16.5. The zero-order chi connectivity index (χ0) is 21.9. The number of benzene rings is 3. The molecule has 0 unspecified atom stereocenters. The molecule has 30 heavy (non-hydrogen) atoms. The molecule has 0 saturated heterocycles. The molecule has 0 atom stereocenters. The Labute approximate surface area is 180 Å². The summed E-state index contributed by atoms with van der Waals surface area (Å²) in [7, 11) is 1.64. The molecule has 0 heterocycles. The second kappa shape index (κ2) is 11.7. The maximum atomic E-state index is 9.16. The monoisotopic (exact) mass is 404 g/mol. The molecule has 3 aromatic carbocycles. The van der Waals surface area contributed by atoms with Gasteiger partial charge in [-0.3, -0.25) is 0 Å². The molecule has 0 aliphatic heterocycles. The van der Waals surface area contributed by atoms with E-state index in [1.807, 2.05) is 54.6 Å². The molecule has 0 bridgehead atoms. The van der Waals surface area contributed by atoms with E-state index in [9.17, 15) is 0 Å². The summed E-state index contributed by atoms with van der Waals surface area (Å²) in [6.07, 6.45) is 1.89. The summed E-state index contributed by atoms with van der Waals surface area (Å²) in [4.78, 5) is 0. The minimum absolute atomic E-state index is 0.139. The van der Waals surface area contributed by atoms with Crippen molar-refractivity contribution < 1.29 is 9.84 Å². The first kappa shape index (κ1) is 23.0. The van der Waals surface area contributed by atoms with Crippen molar-refractivity contribution in [2.24, 2.45) is 0 Å². The third-order valence-electron chi connectivity index (χ3n) is 4.44. The number of aliphatic hydroxyl groups excluding tert-OH is 1. The number of aliphatic hydroxyl groups is 1. The van der Waals surface area contributed by atoms with E-state index in [0.29, 0.717) is 12.1 Å². The van der Waals surface area contributed by atoms with E-state index in [-0.39, 0.29) is 6.61 Å². The lowest BCUT2D eigenvalue weighted by atomic mass is 10.0. The van der Waals surface area contributed by atoms with Crippen molar-refractivity contribution in [1.29, 1.82) is 0 Å². The Morgan fingerprint density at radius 2 is 1.67 bits per heavy atom. The van der Waals surface area contributed by atoms with Gasteiger partial charge in [0, 0.05) is 12.3 Å². The van der Waals surface area contributed by atoms with Gasteiger partial charge < -0.3 is 20.9 Å². The van der Waals surface area contributed by atoms with Gasteiger partial charge in [-0.25, -0.2) is 0 Å². The molecule has 0 saturated carbocycles. The SMILES string of the molecule is C=C(Nc1cc(-c2cccc(CCO)c2)ccc1N)c1ccc(OC)cc1.CCC. The van der Waals surface area contributed by atoms with Crippen LogP contribution >= 0.6 is 0 Å². The fourth-order valence-electron chi connectivity index (χ4n) is 2.91. The number of nitrogens with two attached hydrogens (primary N) is 1.